The van der Waals surface area contributed by atoms with Gasteiger partial charge in [-0.3, -0.25) is 0 Å². The Balaban J connectivity index is 2.51. The molecule has 0 saturated carbocycles. The second-order valence-corrected chi connectivity index (χ2v) is 2.92. The Morgan fingerprint density at radius 2 is 2.44 bits per heavy atom. The van der Waals surface area contributed by atoms with Gasteiger partial charge in [0.2, 0.25) is 0 Å². The van der Waals surface area contributed by atoms with E-state index in [0.29, 0.717) is 18.4 Å². The van der Waals surface area contributed by atoms with Crippen LogP contribution >= 0.6 is 0 Å². The van der Waals surface area contributed by atoms with Gasteiger partial charge in [-0.2, -0.15) is 0 Å². The van der Waals surface area contributed by atoms with Gasteiger partial charge in [0.05, 0.1) is 0 Å². The fourth-order valence-corrected chi connectivity index (χ4v) is 1.33. The Morgan fingerprint density at radius 3 is 2.67 bits per heavy atom. The summed E-state index contributed by atoms with van der Waals surface area (Å²) in [5, 5.41) is 8.82. The lowest BCUT2D eigenvalue weighted by Gasteiger charge is -2.12. The third-order valence-electron chi connectivity index (χ3n) is 2.40. The maximum absolute atomic E-state index is 8.82. The molecule has 1 aliphatic rings. The first-order chi connectivity index (χ1) is 4.25. The van der Waals surface area contributed by atoms with Crippen LogP contribution in [0.1, 0.15) is 20.3 Å². The van der Waals surface area contributed by atoms with Crippen molar-refractivity contribution < 1.29 is 5.11 Å². The quantitative estimate of drug-likeness (QED) is 0.529. The Hall–Kier alpha value is -0.300. The van der Waals surface area contributed by atoms with Gasteiger partial charge in [-0.05, 0) is 25.2 Å². The van der Waals surface area contributed by atoms with E-state index in [1.165, 1.54) is 5.57 Å². The standard InChI is InChI=1S/C8H14O/c1-6-3-4-8(5-9)7(6)2/h3,7-9H,4-5H2,1-2H3. The summed E-state index contributed by atoms with van der Waals surface area (Å²) in [4.78, 5) is 0. The van der Waals surface area contributed by atoms with E-state index in [4.69, 9.17) is 5.11 Å². The fraction of sp³-hybridized carbons (Fsp3) is 0.750. The van der Waals surface area contributed by atoms with E-state index >= 15 is 0 Å². The van der Waals surface area contributed by atoms with Crippen molar-refractivity contribution in [2.24, 2.45) is 11.8 Å². The molecule has 9 heavy (non-hydrogen) atoms. The first-order valence-electron chi connectivity index (χ1n) is 3.53. The summed E-state index contributed by atoms with van der Waals surface area (Å²) in [6.45, 7) is 4.66. The lowest BCUT2D eigenvalue weighted by atomic mass is 9.95. The van der Waals surface area contributed by atoms with Crippen molar-refractivity contribution in [3.63, 3.8) is 0 Å². The summed E-state index contributed by atoms with van der Waals surface area (Å²) in [7, 11) is 0. The molecule has 1 heteroatoms. The van der Waals surface area contributed by atoms with Crippen molar-refractivity contribution in [1.82, 2.24) is 0 Å². The van der Waals surface area contributed by atoms with Gasteiger partial charge >= 0.3 is 0 Å². The van der Waals surface area contributed by atoms with Crippen LogP contribution in [0.4, 0.5) is 0 Å². The predicted molar refractivity (Wildman–Crippen MR) is 38.1 cm³/mol. The molecule has 52 valence electrons. The first kappa shape index (κ1) is 6.81. The smallest absolute Gasteiger partial charge is 0.0467 e. The Kier molecular flexibility index (Phi) is 1.91. The molecule has 1 N–H and O–H groups in total. The van der Waals surface area contributed by atoms with Crippen LogP contribution in [0.25, 0.3) is 0 Å². The highest BCUT2D eigenvalue weighted by molar-refractivity contribution is 5.11. The van der Waals surface area contributed by atoms with E-state index in [9.17, 15) is 0 Å². The van der Waals surface area contributed by atoms with Crippen molar-refractivity contribution in [2.75, 3.05) is 6.61 Å². The molecule has 0 fully saturated rings. The molecular weight excluding hydrogens is 112 g/mol. The van der Waals surface area contributed by atoms with Crippen LogP contribution in [0.15, 0.2) is 11.6 Å². The summed E-state index contributed by atoms with van der Waals surface area (Å²) >= 11 is 0. The highest BCUT2D eigenvalue weighted by Gasteiger charge is 2.21. The first-order valence-corrected chi connectivity index (χ1v) is 3.53. The average Bonchev–Trinajstić information content (AvgIpc) is 2.15. The van der Waals surface area contributed by atoms with Crippen molar-refractivity contribution in [1.29, 1.82) is 0 Å². The summed E-state index contributed by atoms with van der Waals surface area (Å²) in [5.41, 5.74) is 1.44. The van der Waals surface area contributed by atoms with Crippen LogP contribution < -0.4 is 0 Å². The van der Waals surface area contributed by atoms with E-state index in [1.54, 1.807) is 0 Å². The summed E-state index contributed by atoms with van der Waals surface area (Å²) in [6, 6.07) is 0. The number of hydrogen-bond donors (Lipinski definition) is 1. The molecule has 0 aromatic heterocycles. The topological polar surface area (TPSA) is 20.2 Å². The molecule has 0 spiro atoms. The van der Waals surface area contributed by atoms with Crippen LogP contribution in [-0.2, 0) is 0 Å². The van der Waals surface area contributed by atoms with E-state index in [2.05, 4.69) is 19.9 Å². The van der Waals surface area contributed by atoms with Crippen LogP contribution in [0.3, 0.4) is 0 Å². The Bertz CT molecular complexity index is 127. The normalized spacial score (nSPS) is 34.8. The molecule has 1 nitrogen and oxygen atoms in total. The van der Waals surface area contributed by atoms with Gasteiger partial charge in [-0.15, -0.1) is 0 Å². The molecular formula is C8H14O. The van der Waals surface area contributed by atoms with Gasteiger partial charge in [0, 0.05) is 6.61 Å². The highest BCUT2D eigenvalue weighted by Crippen LogP contribution is 2.30. The molecule has 0 amide bonds. The van der Waals surface area contributed by atoms with E-state index in [0.717, 1.165) is 6.42 Å². The van der Waals surface area contributed by atoms with Gasteiger partial charge in [0.15, 0.2) is 0 Å². The SMILES string of the molecule is CC1=CCC(CO)C1C. The lowest BCUT2D eigenvalue weighted by Crippen LogP contribution is -2.10. The van der Waals surface area contributed by atoms with Crippen LogP contribution in [0.5, 0.6) is 0 Å². The minimum Gasteiger partial charge on any atom is -0.396 e. The Morgan fingerprint density at radius 1 is 1.78 bits per heavy atom. The molecule has 0 saturated heterocycles. The predicted octanol–water partition coefficient (Wildman–Crippen LogP) is 1.58. The lowest BCUT2D eigenvalue weighted by molar-refractivity contribution is 0.206. The molecule has 1 aliphatic carbocycles. The number of allylic oxidation sites excluding steroid dienone is 2. The number of hydrogen-bond acceptors (Lipinski definition) is 1. The van der Waals surface area contributed by atoms with Crippen molar-refractivity contribution in [3.05, 3.63) is 11.6 Å². The van der Waals surface area contributed by atoms with E-state index < -0.39 is 0 Å². The van der Waals surface area contributed by atoms with Crippen LogP contribution in [0, 0.1) is 11.8 Å². The number of aliphatic hydroxyl groups is 1. The van der Waals surface area contributed by atoms with E-state index in [1.807, 2.05) is 0 Å². The molecule has 1 rings (SSSR count). The number of aliphatic hydroxyl groups excluding tert-OH is 1. The largest absolute Gasteiger partial charge is 0.396 e. The zero-order valence-electron chi connectivity index (χ0n) is 6.09. The second kappa shape index (κ2) is 2.53. The number of rotatable bonds is 1. The monoisotopic (exact) mass is 126 g/mol. The van der Waals surface area contributed by atoms with Gasteiger partial charge in [0.25, 0.3) is 0 Å². The second-order valence-electron chi connectivity index (χ2n) is 2.92. The molecule has 0 aliphatic heterocycles. The zero-order chi connectivity index (χ0) is 6.85. The van der Waals surface area contributed by atoms with Crippen molar-refractivity contribution >= 4 is 0 Å². The molecule has 2 unspecified atom stereocenters. The van der Waals surface area contributed by atoms with Gasteiger partial charge < -0.3 is 5.11 Å². The maximum Gasteiger partial charge on any atom is 0.0467 e. The molecule has 2 atom stereocenters. The van der Waals surface area contributed by atoms with Gasteiger partial charge in [-0.1, -0.05) is 18.6 Å². The van der Waals surface area contributed by atoms with Crippen molar-refractivity contribution in [2.45, 2.75) is 20.3 Å². The highest BCUT2D eigenvalue weighted by atomic mass is 16.3. The fourth-order valence-electron chi connectivity index (χ4n) is 1.33. The molecule has 0 radical (unpaired) electrons. The van der Waals surface area contributed by atoms with Gasteiger partial charge in [-0.25, -0.2) is 0 Å². The average molecular weight is 126 g/mol. The molecule has 0 heterocycles. The molecule has 0 bridgehead atoms. The minimum atomic E-state index is 0.342. The van der Waals surface area contributed by atoms with Crippen LogP contribution in [-0.4, -0.2) is 11.7 Å². The zero-order valence-corrected chi connectivity index (χ0v) is 6.09. The van der Waals surface area contributed by atoms with Gasteiger partial charge in [0.1, 0.15) is 0 Å². The minimum absolute atomic E-state index is 0.342. The maximum atomic E-state index is 8.82. The third kappa shape index (κ3) is 1.16. The summed E-state index contributed by atoms with van der Waals surface area (Å²) in [5.74, 6) is 1.11. The van der Waals surface area contributed by atoms with Crippen LogP contribution in [0.2, 0.25) is 0 Å². The third-order valence-corrected chi connectivity index (χ3v) is 2.40. The molecule has 0 aromatic rings. The Labute approximate surface area is 56.4 Å². The van der Waals surface area contributed by atoms with E-state index in [-0.39, 0.29) is 0 Å². The summed E-state index contributed by atoms with van der Waals surface area (Å²) in [6.07, 6.45) is 3.30. The summed E-state index contributed by atoms with van der Waals surface area (Å²) < 4.78 is 0. The van der Waals surface area contributed by atoms with Crippen molar-refractivity contribution in [3.8, 4) is 0 Å². The molecule has 0 aromatic carbocycles.